The standard InChI is InChI=1S/C22H30F2.C21H28F2.C19H24F2.C18H22F2/c1-2-3-4-5-6-7-8-9-10-18-11-13-19(14-12-18)20-15-16-21(23)22(24)17-20;1-2-3-4-5-6-7-8-9-17-10-12-18(13-11-17)19-14-15-20(22)21(23)16-19;1-2-3-4-5-6-7-15-8-10-16(11-9-15)17-12-13-18(20)19(21)14-17;1-2-3-4-5-6-14-7-9-15(10-8-14)16-11-12-17(19)18(20)13-16/h11,13-18H,2-10,12H2,1H3;10,12-17H,2-9,11H2,1H3;8,10-15H,2-7,9H2,1H3;7,9-14H,2-6,8H2,1H3. The van der Waals surface area contributed by atoms with E-state index in [0.29, 0.717) is 23.7 Å². The Labute approximate surface area is 526 Å². The van der Waals surface area contributed by atoms with E-state index in [1.165, 1.54) is 228 Å². The van der Waals surface area contributed by atoms with Crippen LogP contribution in [0.2, 0.25) is 0 Å². The summed E-state index contributed by atoms with van der Waals surface area (Å²) in [7, 11) is 0. The van der Waals surface area contributed by atoms with E-state index in [2.05, 4.69) is 88.5 Å². The lowest BCUT2D eigenvalue weighted by Crippen LogP contribution is -2.00. The number of rotatable bonds is 32. The molecule has 0 aliphatic heterocycles. The molecule has 0 N–H and O–H groups in total. The van der Waals surface area contributed by atoms with Gasteiger partial charge in [0.1, 0.15) is 0 Å². The molecule has 0 saturated heterocycles. The van der Waals surface area contributed by atoms with Gasteiger partial charge >= 0.3 is 0 Å². The zero-order valence-electron chi connectivity index (χ0n) is 53.8. The molecule has 0 radical (unpaired) electrons. The van der Waals surface area contributed by atoms with Crippen molar-refractivity contribution in [3.63, 3.8) is 0 Å². The van der Waals surface area contributed by atoms with E-state index in [9.17, 15) is 35.1 Å². The lowest BCUT2D eigenvalue weighted by molar-refractivity contribution is 0.508. The third kappa shape index (κ3) is 28.0. The first kappa shape index (κ1) is 73.0. The second kappa shape index (κ2) is 43.0. The Bertz CT molecular complexity index is 2890. The minimum Gasteiger partial charge on any atom is -0.204 e. The molecular weight excluding hydrogens is 1110 g/mol. The van der Waals surface area contributed by atoms with Crippen molar-refractivity contribution in [2.75, 3.05) is 0 Å². The maximum Gasteiger partial charge on any atom is 0.159 e. The molecule has 0 aromatic heterocycles. The molecule has 0 spiro atoms. The minimum absolute atomic E-state index is 0.596. The van der Waals surface area contributed by atoms with Gasteiger partial charge in [0.25, 0.3) is 0 Å². The lowest BCUT2D eigenvalue weighted by atomic mass is 9.89. The molecule has 0 amide bonds. The number of hydrogen-bond acceptors (Lipinski definition) is 0. The highest BCUT2D eigenvalue weighted by Gasteiger charge is 2.16. The van der Waals surface area contributed by atoms with Gasteiger partial charge in [-0.3, -0.25) is 0 Å². The summed E-state index contributed by atoms with van der Waals surface area (Å²) in [6, 6.07) is 16.5. The Kier molecular flexibility index (Phi) is 35.7. The van der Waals surface area contributed by atoms with E-state index in [1.807, 2.05) is 12.2 Å². The predicted octanol–water partition coefficient (Wildman–Crippen LogP) is 26.7. The van der Waals surface area contributed by atoms with Gasteiger partial charge in [0.05, 0.1) is 0 Å². The molecule has 88 heavy (non-hydrogen) atoms. The molecular formula is C80H104F8. The second-order valence-electron chi connectivity index (χ2n) is 24.8. The average molecular weight is 1220 g/mol. The van der Waals surface area contributed by atoms with Crippen LogP contribution in [0.25, 0.3) is 22.3 Å². The van der Waals surface area contributed by atoms with Crippen molar-refractivity contribution < 1.29 is 35.1 Å². The summed E-state index contributed by atoms with van der Waals surface area (Å²) in [5, 5.41) is 0. The summed E-state index contributed by atoms with van der Waals surface area (Å²) >= 11 is 0. The molecule has 4 aromatic carbocycles. The normalized spacial score (nSPS) is 17.6. The second-order valence-corrected chi connectivity index (χ2v) is 24.8. The van der Waals surface area contributed by atoms with Crippen LogP contribution in [0.1, 0.15) is 255 Å². The van der Waals surface area contributed by atoms with E-state index in [0.717, 1.165) is 70.2 Å². The molecule has 8 heteroatoms. The number of halogens is 8. The van der Waals surface area contributed by atoms with E-state index in [4.69, 9.17) is 0 Å². The van der Waals surface area contributed by atoms with Gasteiger partial charge in [0.2, 0.25) is 0 Å². The molecule has 4 aliphatic carbocycles. The van der Waals surface area contributed by atoms with Crippen molar-refractivity contribution in [3.05, 3.63) is 215 Å². The van der Waals surface area contributed by atoms with Crippen molar-refractivity contribution in [2.45, 2.75) is 233 Å². The molecule has 0 bridgehead atoms. The van der Waals surface area contributed by atoms with Crippen molar-refractivity contribution in [3.8, 4) is 0 Å². The van der Waals surface area contributed by atoms with Gasteiger partial charge in [-0.1, -0.05) is 279 Å². The molecule has 0 nitrogen and oxygen atoms in total. The summed E-state index contributed by atoms with van der Waals surface area (Å²) in [6.45, 7) is 8.95. The molecule has 480 valence electrons. The number of benzene rings is 4. The summed E-state index contributed by atoms with van der Waals surface area (Å²) in [6.07, 6.45) is 66.5. The molecule has 0 saturated carbocycles. The van der Waals surface area contributed by atoms with Crippen LogP contribution >= 0.6 is 0 Å². The van der Waals surface area contributed by atoms with Crippen molar-refractivity contribution >= 4 is 22.3 Å². The van der Waals surface area contributed by atoms with E-state index in [1.54, 1.807) is 24.3 Å². The van der Waals surface area contributed by atoms with Gasteiger partial charge in [-0.2, -0.15) is 0 Å². The Morgan fingerprint density at radius 3 is 0.625 bits per heavy atom. The first-order valence-electron chi connectivity index (χ1n) is 34.2. The molecule has 0 heterocycles. The third-order valence-corrected chi connectivity index (χ3v) is 17.5. The van der Waals surface area contributed by atoms with Crippen molar-refractivity contribution in [1.82, 2.24) is 0 Å². The Hall–Kier alpha value is -5.76. The van der Waals surface area contributed by atoms with Gasteiger partial charge in [0, 0.05) is 0 Å². The zero-order valence-corrected chi connectivity index (χ0v) is 53.8. The number of unbranched alkanes of at least 4 members (excludes halogenated alkanes) is 20. The van der Waals surface area contributed by atoms with Gasteiger partial charge < -0.3 is 0 Å². The maximum absolute atomic E-state index is 13.3. The Balaban J connectivity index is 0.000000214. The quantitative estimate of drug-likeness (QED) is 0.0338. The molecule has 4 unspecified atom stereocenters. The molecule has 0 fully saturated rings. The van der Waals surface area contributed by atoms with E-state index in [-0.39, 0.29) is 0 Å². The van der Waals surface area contributed by atoms with Crippen molar-refractivity contribution in [2.24, 2.45) is 23.7 Å². The van der Waals surface area contributed by atoms with Crippen LogP contribution in [-0.4, -0.2) is 0 Å². The van der Waals surface area contributed by atoms with Gasteiger partial charge in [-0.25, -0.2) is 35.1 Å². The monoisotopic (exact) mass is 1220 g/mol. The highest BCUT2D eigenvalue weighted by atomic mass is 19.2. The highest BCUT2D eigenvalue weighted by Crippen LogP contribution is 2.33. The molecule has 4 aliphatic rings. The fourth-order valence-electron chi connectivity index (χ4n) is 11.8. The average Bonchev–Trinajstić information content (AvgIpc) is 3.74. The lowest BCUT2D eigenvalue weighted by Gasteiger charge is -2.16. The Morgan fingerprint density at radius 2 is 0.443 bits per heavy atom. The number of allylic oxidation sites excluding steroid dienone is 16. The maximum atomic E-state index is 13.3. The molecule has 8 rings (SSSR count). The Morgan fingerprint density at radius 1 is 0.250 bits per heavy atom. The van der Waals surface area contributed by atoms with Crippen LogP contribution in [0.15, 0.2) is 146 Å². The smallest absolute Gasteiger partial charge is 0.159 e. The zero-order chi connectivity index (χ0) is 63.1. The first-order chi connectivity index (χ1) is 42.8. The molecule has 4 atom stereocenters. The number of hydrogen-bond donors (Lipinski definition) is 0. The molecule has 4 aromatic rings. The van der Waals surface area contributed by atoms with E-state index >= 15 is 0 Å². The third-order valence-electron chi connectivity index (χ3n) is 17.5. The summed E-state index contributed by atoms with van der Waals surface area (Å²) in [5.74, 6) is -3.87. The van der Waals surface area contributed by atoms with Crippen LogP contribution in [-0.2, 0) is 0 Å². The SMILES string of the molecule is CCCCCCC1C=CC(c2ccc(F)c(F)c2)=CC1.CCCCCCCC1C=CC(c2ccc(F)c(F)c2)=CC1.CCCCCCCCCC1C=CC(c2ccc(F)c(F)c2)=CC1.CCCCCCCCCCC1C=CC(c2ccc(F)c(F)c2)=CC1. The van der Waals surface area contributed by atoms with Crippen molar-refractivity contribution in [1.29, 1.82) is 0 Å². The van der Waals surface area contributed by atoms with Gasteiger partial charge in [-0.05, 0) is 168 Å². The first-order valence-corrected chi connectivity index (χ1v) is 34.2. The van der Waals surface area contributed by atoms with Crippen LogP contribution in [0.3, 0.4) is 0 Å². The van der Waals surface area contributed by atoms with Crippen LogP contribution < -0.4 is 0 Å². The van der Waals surface area contributed by atoms with E-state index < -0.39 is 46.5 Å². The van der Waals surface area contributed by atoms with Crippen LogP contribution in [0.4, 0.5) is 35.1 Å². The fraction of sp³-hybridized carbons (Fsp3) is 0.500. The summed E-state index contributed by atoms with van der Waals surface area (Å²) in [4.78, 5) is 0. The van der Waals surface area contributed by atoms with Gasteiger partial charge in [0.15, 0.2) is 46.5 Å². The van der Waals surface area contributed by atoms with Crippen LogP contribution in [0, 0.1) is 70.2 Å². The van der Waals surface area contributed by atoms with Gasteiger partial charge in [-0.15, -0.1) is 0 Å². The summed E-state index contributed by atoms with van der Waals surface area (Å²) in [5.41, 5.74) is 7.02. The minimum atomic E-state index is -0.789. The topological polar surface area (TPSA) is 0 Å². The largest absolute Gasteiger partial charge is 0.204 e. The highest BCUT2D eigenvalue weighted by molar-refractivity contribution is 5.77. The van der Waals surface area contributed by atoms with Crippen LogP contribution in [0.5, 0.6) is 0 Å². The predicted molar refractivity (Wildman–Crippen MR) is 358 cm³/mol. The fourth-order valence-corrected chi connectivity index (χ4v) is 11.8. The summed E-state index contributed by atoms with van der Waals surface area (Å²) < 4.78 is 105.